The van der Waals surface area contributed by atoms with Crippen molar-refractivity contribution in [1.82, 2.24) is 0 Å². The molecule has 0 spiro atoms. The van der Waals surface area contributed by atoms with Crippen molar-refractivity contribution in [2.45, 2.75) is 26.2 Å². The third-order valence-corrected chi connectivity index (χ3v) is 5.48. The third-order valence-electron chi connectivity index (χ3n) is 5.48. The quantitative estimate of drug-likeness (QED) is 0.307. The van der Waals surface area contributed by atoms with Crippen LogP contribution in [0.25, 0.3) is 34.4 Å². The van der Waals surface area contributed by atoms with Crippen LogP contribution in [-0.4, -0.2) is 0 Å². The van der Waals surface area contributed by atoms with Crippen LogP contribution in [0.4, 0.5) is 0 Å². The highest BCUT2D eigenvalue weighted by Crippen LogP contribution is 2.26. The van der Waals surface area contributed by atoms with Crippen LogP contribution in [0.15, 0.2) is 103 Å². The Morgan fingerprint density at radius 2 is 0.800 bits per heavy atom. The molecular formula is C30H28. The van der Waals surface area contributed by atoms with Gasteiger partial charge in [-0.05, 0) is 44.4 Å². The van der Waals surface area contributed by atoms with Gasteiger partial charge in [0.25, 0.3) is 0 Å². The summed E-state index contributed by atoms with van der Waals surface area (Å²) in [5.41, 5.74) is 8.96. The monoisotopic (exact) mass is 388 g/mol. The Labute approximate surface area is 180 Å². The predicted octanol–water partition coefficient (Wildman–Crippen LogP) is 8.49. The number of hydrogen-bond acceptors (Lipinski definition) is 0. The molecule has 0 heteroatoms. The first-order chi connectivity index (χ1) is 14.5. The van der Waals surface area contributed by atoms with E-state index in [0.717, 1.165) is 0 Å². The normalized spacial score (nSPS) is 11.7. The lowest BCUT2D eigenvalue weighted by atomic mass is 9.87. The molecule has 4 aromatic carbocycles. The zero-order valence-electron chi connectivity index (χ0n) is 18.0. The van der Waals surface area contributed by atoms with Crippen LogP contribution < -0.4 is 0 Å². The van der Waals surface area contributed by atoms with Crippen LogP contribution in [0, 0.1) is 0 Å². The summed E-state index contributed by atoms with van der Waals surface area (Å²) in [6.07, 6.45) is 4.35. The third kappa shape index (κ3) is 4.78. The first-order valence-corrected chi connectivity index (χ1v) is 10.5. The van der Waals surface area contributed by atoms with Gasteiger partial charge < -0.3 is 0 Å². The molecule has 0 aliphatic heterocycles. The van der Waals surface area contributed by atoms with E-state index in [1.54, 1.807) is 0 Å². The summed E-state index contributed by atoms with van der Waals surface area (Å²) >= 11 is 0. The van der Waals surface area contributed by atoms with Gasteiger partial charge in [-0.1, -0.05) is 136 Å². The van der Waals surface area contributed by atoms with Crippen molar-refractivity contribution in [3.63, 3.8) is 0 Å². The van der Waals surface area contributed by atoms with Crippen LogP contribution in [0.1, 0.15) is 37.5 Å². The second-order valence-corrected chi connectivity index (χ2v) is 8.77. The van der Waals surface area contributed by atoms with Crippen molar-refractivity contribution < 1.29 is 0 Å². The lowest BCUT2D eigenvalue weighted by Gasteiger charge is -2.18. The van der Waals surface area contributed by atoms with Crippen molar-refractivity contribution in [2.75, 3.05) is 0 Å². The summed E-state index contributed by atoms with van der Waals surface area (Å²) in [6, 6.07) is 36.9. The Balaban J connectivity index is 1.46. The molecule has 0 saturated carbocycles. The molecule has 4 rings (SSSR count). The van der Waals surface area contributed by atoms with Crippen molar-refractivity contribution >= 4 is 12.2 Å². The predicted molar refractivity (Wildman–Crippen MR) is 131 cm³/mol. The largest absolute Gasteiger partial charge is 0.0622 e. The molecule has 0 aliphatic carbocycles. The molecule has 0 aromatic heterocycles. The average Bonchev–Trinajstić information content (AvgIpc) is 2.78. The SMILES string of the molecule is CC(C)(C)c1ccc(/C=C/c2ccc(-c3ccc(-c4ccccc4)cc3)cc2)cc1. The average molecular weight is 389 g/mol. The van der Waals surface area contributed by atoms with Gasteiger partial charge in [0.05, 0.1) is 0 Å². The molecule has 148 valence electrons. The Kier molecular flexibility index (Phi) is 5.68. The van der Waals surface area contributed by atoms with E-state index in [-0.39, 0.29) is 5.41 Å². The lowest BCUT2D eigenvalue weighted by molar-refractivity contribution is 0.590. The van der Waals surface area contributed by atoms with E-state index in [0.29, 0.717) is 0 Å². The van der Waals surface area contributed by atoms with Gasteiger partial charge in [0.2, 0.25) is 0 Å². The van der Waals surface area contributed by atoms with Crippen LogP contribution in [-0.2, 0) is 5.41 Å². The van der Waals surface area contributed by atoms with E-state index in [1.165, 1.54) is 38.9 Å². The molecule has 4 aromatic rings. The van der Waals surface area contributed by atoms with Crippen LogP contribution in [0.3, 0.4) is 0 Å². The first kappa shape index (κ1) is 19.9. The minimum absolute atomic E-state index is 0.192. The summed E-state index contributed by atoms with van der Waals surface area (Å²) in [5.74, 6) is 0. The summed E-state index contributed by atoms with van der Waals surface area (Å²) < 4.78 is 0. The van der Waals surface area contributed by atoms with Gasteiger partial charge in [0.15, 0.2) is 0 Å². The van der Waals surface area contributed by atoms with Gasteiger partial charge in [-0.15, -0.1) is 0 Å². The molecule has 0 nitrogen and oxygen atoms in total. The minimum Gasteiger partial charge on any atom is -0.0622 e. The smallest absolute Gasteiger partial charge is 0.0132 e. The van der Waals surface area contributed by atoms with E-state index in [2.05, 4.69) is 136 Å². The fraction of sp³-hybridized carbons (Fsp3) is 0.133. The van der Waals surface area contributed by atoms with E-state index in [9.17, 15) is 0 Å². The van der Waals surface area contributed by atoms with Crippen molar-refractivity contribution in [3.05, 3.63) is 120 Å². The Hall–Kier alpha value is -3.38. The van der Waals surface area contributed by atoms with Crippen molar-refractivity contribution in [3.8, 4) is 22.3 Å². The second kappa shape index (κ2) is 8.55. The standard InChI is InChI=1S/C30H28/c1-30(2,3)29-21-13-24(14-22-29)10-9-23-11-15-26(16-12-23)28-19-17-27(18-20-28)25-7-5-4-6-8-25/h4-22H,1-3H3/b10-9+. The fourth-order valence-corrected chi connectivity index (χ4v) is 3.56. The Morgan fingerprint density at radius 1 is 0.433 bits per heavy atom. The maximum atomic E-state index is 2.24. The molecule has 0 saturated heterocycles. The van der Waals surface area contributed by atoms with Crippen LogP contribution in [0.5, 0.6) is 0 Å². The highest BCUT2D eigenvalue weighted by molar-refractivity contribution is 5.74. The topological polar surface area (TPSA) is 0 Å². The molecule has 0 heterocycles. The van der Waals surface area contributed by atoms with Crippen LogP contribution >= 0.6 is 0 Å². The number of hydrogen-bond donors (Lipinski definition) is 0. The molecule has 0 unspecified atom stereocenters. The van der Waals surface area contributed by atoms with Gasteiger partial charge in [0, 0.05) is 0 Å². The molecule has 0 amide bonds. The van der Waals surface area contributed by atoms with E-state index in [1.807, 2.05) is 0 Å². The van der Waals surface area contributed by atoms with Crippen LogP contribution in [0.2, 0.25) is 0 Å². The van der Waals surface area contributed by atoms with E-state index >= 15 is 0 Å². The van der Waals surface area contributed by atoms with E-state index in [4.69, 9.17) is 0 Å². The van der Waals surface area contributed by atoms with Gasteiger partial charge in [-0.25, -0.2) is 0 Å². The zero-order valence-corrected chi connectivity index (χ0v) is 18.0. The highest BCUT2D eigenvalue weighted by atomic mass is 14.2. The summed E-state index contributed by atoms with van der Waals surface area (Å²) in [4.78, 5) is 0. The fourth-order valence-electron chi connectivity index (χ4n) is 3.56. The molecule has 0 atom stereocenters. The van der Waals surface area contributed by atoms with E-state index < -0.39 is 0 Å². The molecule has 0 N–H and O–H groups in total. The molecule has 0 aliphatic rings. The molecule has 0 bridgehead atoms. The summed E-state index contributed by atoms with van der Waals surface area (Å²) in [5, 5.41) is 0. The zero-order chi connectivity index (χ0) is 21.0. The molecule has 0 fully saturated rings. The summed E-state index contributed by atoms with van der Waals surface area (Å²) in [6.45, 7) is 6.73. The lowest BCUT2D eigenvalue weighted by Crippen LogP contribution is -2.10. The molecular weight excluding hydrogens is 360 g/mol. The first-order valence-electron chi connectivity index (χ1n) is 10.5. The Morgan fingerprint density at radius 3 is 1.23 bits per heavy atom. The number of benzene rings is 4. The molecule has 0 radical (unpaired) electrons. The van der Waals surface area contributed by atoms with Crippen molar-refractivity contribution in [1.29, 1.82) is 0 Å². The Bertz CT molecular complexity index is 1110. The minimum atomic E-state index is 0.192. The second-order valence-electron chi connectivity index (χ2n) is 8.77. The molecule has 30 heavy (non-hydrogen) atoms. The highest BCUT2D eigenvalue weighted by Gasteiger charge is 2.12. The van der Waals surface area contributed by atoms with Gasteiger partial charge in [-0.3, -0.25) is 0 Å². The maximum Gasteiger partial charge on any atom is -0.0132 e. The number of rotatable bonds is 4. The van der Waals surface area contributed by atoms with Gasteiger partial charge >= 0.3 is 0 Å². The summed E-state index contributed by atoms with van der Waals surface area (Å²) in [7, 11) is 0. The maximum absolute atomic E-state index is 2.24. The van der Waals surface area contributed by atoms with Gasteiger partial charge in [0.1, 0.15) is 0 Å². The van der Waals surface area contributed by atoms with Gasteiger partial charge in [-0.2, -0.15) is 0 Å². The van der Waals surface area contributed by atoms with Crippen molar-refractivity contribution in [2.24, 2.45) is 0 Å².